The number of carboxylic acids is 1. The third kappa shape index (κ3) is 2.19. The largest absolute Gasteiger partial charge is 0.480 e. The fourth-order valence-corrected chi connectivity index (χ4v) is 4.60. The van der Waals surface area contributed by atoms with Crippen LogP contribution >= 0.6 is 0 Å². The fraction of sp³-hybridized carbons (Fsp3) is 0.357. The Morgan fingerprint density at radius 3 is 2.86 bits per heavy atom. The van der Waals surface area contributed by atoms with E-state index in [9.17, 15) is 17.6 Å². The highest BCUT2D eigenvalue weighted by Gasteiger charge is 2.42. The number of furan rings is 1. The second-order valence-corrected chi connectivity index (χ2v) is 7.06. The molecule has 1 saturated heterocycles. The van der Waals surface area contributed by atoms with E-state index in [-0.39, 0.29) is 29.2 Å². The number of aryl methyl sites for hydroxylation is 1. The minimum Gasteiger partial charge on any atom is -0.480 e. The van der Waals surface area contributed by atoms with Gasteiger partial charge in [0.05, 0.1) is 0 Å². The summed E-state index contributed by atoms with van der Waals surface area (Å²) in [7, 11) is -4.07. The number of carbonyl (C=O) groups is 1. The summed E-state index contributed by atoms with van der Waals surface area (Å²) in [5, 5.41) is 9.20. The lowest BCUT2D eigenvalue weighted by molar-refractivity contribution is -0.140. The van der Waals surface area contributed by atoms with E-state index in [4.69, 9.17) is 9.52 Å². The number of nitrogens with zero attached hydrogens (tertiary/aromatic N) is 1. The smallest absolute Gasteiger partial charge is 0.322 e. The Labute approximate surface area is 126 Å². The van der Waals surface area contributed by atoms with Crippen LogP contribution in [0.25, 0.3) is 11.0 Å². The van der Waals surface area contributed by atoms with Gasteiger partial charge in [0.2, 0.25) is 5.09 Å². The highest BCUT2D eigenvalue weighted by molar-refractivity contribution is 7.89. The van der Waals surface area contributed by atoms with E-state index in [1.807, 2.05) is 0 Å². The Hall–Kier alpha value is -1.93. The quantitative estimate of drug-likeness (QED) is 0.933. The third-order valence-corrected chi connectivity index (χ3v) is 5.80. The van der Waals surface area contributed by atoms with Crippen molar-refractivity contribution in [1.82, 2.24) is 4.31 Å². The zero-order valence-corrected chi connectivity index (χ0v) is 12.6. The van der Waals surface area contributed by atoms with Crippen molar-refractivity contribution < 1.29 is 27.1 Å². The van der Waals surface area contributed by atoms with Crippen LogP contribution in [0.15, 0.2) is 27.7 Å². The molecule has 1 N–H and O–H groups in total. The van der Waals surface area contributed by atoms with Gasteiger partial charge in [-0.2, -0.15) is 4.31 Å². The Morgan fingerprint density at radius 1 is 1.45 bits per heavy atom. The van der Waals surface area contributed by atoms with E-state index >= 15 is 0 Å². The molecule has 1 aliphatic heterocycles. The van der Waals surface area contributed by atoms with Crippen LogP contribution in [0.2, 0.25) is 0 Å². The molecule has 22 heavy (non-hydrogen) atoms. The number of hydrogen-bond donors (Lipinski definition) is 1. The maximum absolute atomic E-state index is 13.3. The van der Waals surface area contributed by atoms with Crippen molar-refractivity contribution in [3.8, 4) is 0 Å². The first-order chi connectivity index (χ1) is 10.3. The van der Waals surface area contributed by atoms with E-state index in [1.165, 1.54) is 25.1 Å². The first-order valence-electron chi connectivity index (χ1n) is 6.75. The zero-order chi connectivity index (χ0) is 16.1. The maximum atomic E-state index is 13.3. The molecule has 1 atom stereocenters. The molecule has 3 rings (SSSR count). The standard InChI is InChI=1S/C14H14FNO5S/c1-8-10-7-9(15)4-5-12(10)21-14(8)22(19,20)16-6-2-3-11(16)13(17)18/h4-5,7,11H,2-3,6H2,1H3,(H,17,18)/t11-/m0/s1. The third-order valence-electron chi connectivity index (χ3n) is 3.89. The van der Waals surface area contributed by atoms with Crippen LogP contribution in [-0.2, 0) is 14.8 Å². The van der Waals surface area contributed by atoms with Crippen LogP contribution in [-0.4, -0.2) is 36.4 Å². The average molecular weight is 327 g/mol. The molecule has 1 aliphatic rings. The molecule has 0 spiro atoms. The van der Waals surface area contributed by atoms with Crippen LogP contribution < -0.4 is 0 Å². The summed E-state index contributed by atoms with van der Waals surface area (Å²) in [4.78, 5) is 11.2. The van der Waals surface area contributed by atoms with Crippen LogP contribution in [0.3, 0.4) is 0 Å². The molecular weight excluding hydrogens is 313 g/mol. The van der Waals surface area contributed by atoms with Crippen LogP contribution in [0.1, 0.15) is 18.4 Å². The van der Waals surface area contributed by atoms with Crippen LogP contribution in [0.4, 0.5) is 4.39 Å². The van der Waals surface area contributed by atoms with Gasteiger partial charge >= 0.3 is 5.97 Å². The number of hydrogen-bond acceptors (Lipinski definition) is 4. The SMILES string of the molecule is Cc1c(S(=O)(=O)N2CCC[C@H]2C(=O)O)oc2ccc(F)cc12. The molecule has 2 heterocycles. The summed E-state index contributed by atoms with van der Waals surface area (Å²) in [6.07, 6.45) is 0.743. The Kier molecular flexibility index (Phi) is 3.45. The zero-order valence-electron chi connectivity index (χ0n) is 11.7. The predicted octanol–water partition coefficient (Wildman–Crippen LogP) is 2.12. The molecular formula is C14H14FNO5S. The number of sulfonamides is 1. The predicted molar refractivity (Wildman–Crippen MR) is 75.5 cm³/mol. The summed E-state index contributed by atoms with van der Waals surface area (Å²) < 4.78 is 45.0. The molecule has 2 aromatic rings. The molecule has 0 bridgehead atoms. The molecule has 1 aromatic heterocycles. The first kappa shape index (κ1) is 15.0. The number of rotatable bonds is 3. The molecule has 0 unspecified atom stereocenters. The van der Waals surface area contributed by atoms with Crippen molar-refractivity contribution in [2.75, 3.05) is 6.54 Å². The topological polar surface area (TPSA) is 87.8 Å². The number of aliphatic carboxylic acids is 1. The van der Waals surface area contributed by atoms with Crippen molar-refractivity contribution in [3.63, 3.8) is 0 Å². The molecule has 6 nitrogen and oxygen atoms in total. The van der Waals surface area contributed by atoms with Crippen molar-refractivity contribution in [1.29, 1.82) is 0 Å². The summed E-state index contributed by atoms with van der Waals surface area (Å²) in [5.74, 6) is -1.68. The van der Waals surface area contributed by atoms with Gasteiger partial charge in [-0.1, -0.05) is 0 Å². The van der Waals surface area contributed by atoms with Crippen LogP contribution in [0.5, 0.6) is 0 Å². The van der Waals surface area contributed by atoms with Gasteiger partial charge in [0.15, 0.2) is 0 Å². The van der Waals surface area contributed by atoms with Gasteiger partial charge in [0, 0.05) is 17.5 Å². The van der Waals surface area contributed by atoms with E-state index in [0.717, 1.165) is 4.31 Å². The van der Waals surface area contributed by atoms with Crippen molar-refractivity contribution >= 4 is 27.0 Å². The van der Waals surface area contributed by atoms with E-state index < -0.39 is 27.9 Å². The Morgan fingerprint density at radius 2 is 2.18 bits per heavy atom. The Balaban J connectivity index is 2.13. The van der Waals surface area contributed by atoms with E-state index in [1.54, 1.807) is 0 Å². The summed E-state index contributed by atoms with van der Waals surface area (Å²) in [6.45, 7) is 1.65. The first-order valence-corrected chi connectivity index (χ1v) is 8.19. The highest BCUT2D eigenvalue weighted by atomic mass is 32.2. The van der Waals surface area contributed by atoms with Gasteiger partial charge < -0.3 is 9.52 Å². The minimum absolute atomic E-state index is 0.129. The van der Waals surface area contributed by atoms with Crippen molar-refractivity contribution in [2.24, 2.45) is 0 Å². The van der Waals surface area contributed by atoms with E-state index in [0.29, 0.717) is 11.8 Å². The highest BCUT2D eigenvalue weighted by Crippen LogP contribution is 2.33. The second kappa shape index (κ2) is 5.06. The summed E-state index contributed by atoms with van der Waals surface area (Å²) in [6, 6.07) is 2.65. The number of fused-ring (bicyclic) bond motifs is 1. The molecule has 118 valence electrons. The lowest BCUT2D eigenvalue weighted by Crippen LogP contribution is -2.40. The minimum atomic E-state index is -4.07. The summed E-state index contributed by atoms with van der Waals surface area (Å²) in [5.41, 5.74) is 0.536. The lowest BCUT2D eigenvalue weighted by atomic mass is 10.2. The van der Waals surface area contributed by atoms with E-state index in [2.05, 4.69) is 0 Å². The van der Waals surface area contributed by atoms with Gasteiger partial charge in [-0.3, -0.25) is 4.79 Å². The number of benzene rings is 1. The number of halogens is 1. The summed E-state index contributed by atoms with van der Waals surface area (Å²) >= 11 is 0. The van der Waals surface area contributed by atoms with Gasteiger partial charge in [-0.25, -0.2) is 12.8 Å². The molecule has 0 radical (unpaired) electrons. The lowest BCUT2D eigenvalue weighted by Gasteiger charge is -2.19. The Bertz CT molecular complexity index is 857. The molecule has 0 aliphatic carbocycles. The molecule has 1 fully saturated rings. The molecule has 0 amide bonds. The monoisotopic (exact) mass is 327 g/mol. The van der Waals surface area contributed by atoms with Gasteiger partial charge in [-0.15, -0.1) is 0 Å². The molecule has 1 aromatic carbocycles. The van der Waals surface area contributed by atoms with Crippen molar-refractivity contribution in [3.05, 3.63) is 29.6 Å². The van der Waals surface area contributed by atoms with Gasteiger partial charge in [-0.05, 0) is 38.0 Å². The van der Waals surface area contributed by atoms with Crippen LogP contribution in [0, 0.1) is 12.7 Å². The fourth-order valence-electron chi connectivity index (χ4n) is 2.80. The van der Waals surface area contributed by atoms with Gasteiger partial charge in [0.1, 0.15) is 17.4 Å². The van der Waals surface area contributed by atoms with Gasteiger partial charge in [0.25, 0.3) is 10.0 Å². The second-order valence-electron chi connectivity index (χ2n) is 5.27. The normalized spacial score (nSPS) is 19.8. The van der Waals surface area contributed by atoms with Crippen molar-refractivity contribution in [2.45, 2.75) is 30.9 Å². The number of carboxylic acid groups (broad SMARTS) is 1. The molecule has 8 heteroatoms. The average Bonchev–Trinajstić information content (AvgIpc) is 3.05. The maximum Gasteiger partial charge on any atom is 0.322 e. The molecule has 0 saturated carbocycles.